The van der Waals surface area contributed by atoms with Gasteiger partial charge in [-0.3, -0.25) is 0 Å². The Kier molecular flexibility index (Phi) is 10.1. The standard InChI is InChI=1S/C30H47NO4/c1-12-13-14-31(25-17-21(2)15-23(29(4,5)6)27(25)34-19-32-10)26-18-22(3)16-24(30(7,8)9)28(26)35-20-33-11/h15-18H,12-14,19-20H2,1-11H3. The molecule has 0 aliphatic rings. The second kappa shape index (κ2) is 12.1. The van der Waals surface area contributed by atoms with Crippen molar-refractivity contribution in [1.82, 2.24) is 0 Å². The smallest absolute Gasteiger partial charge is 0.188 e. The number of methoxy groups -OCH3 is 2. The van der Waals surface area contributed by atoms with Crippen molar-refractivity contribution in [2.75, 3.05) is 39.3 Å². The maximum Gasteiger partial charge on any atom is 0.188 e. The van der Waals surface area contributed by atoms with Crippen LogP contribution in [-0.4, -0.2) is 34.4 Å². The third-order valence-electron chi connectivity index (χ3n) is 6.00. The van der Waals surface area contributed by atoms with Crippen molar-refractivity contribution in [3.8, 4) is 11.5 Å². The zero-order chi connectivity index (χ0) is 26.4. The number of rotatable bonds is 11. The van der Waals surface area contributed by atoms with Crippen LogP contribution in [0.1, 0.15) is 83.6 Å². The van der Waals surface area contributed by atoms with E-state index in [-0.39, 0.29) is 24.4 Å². The summed E-state index contributed by atoms with van der Waals surface area (Å²) in [6.45, 7) is 21.1. The van der Waals surface area contributed by atoms with Gasteiger partial charge in [-0.2, -0.15) is 0 Å². The predicted molar refractivity (Wildman–Crippen MR) is 147 cm³/mol. The number of hydrogen-bond acceptors (Lipinski definition) is 5. The van der Waals surface area contributed by atoms with E-state index in [1.807, 2.05) is 0 Å². The van der Waals surface area contributed by atoms with Crippen molar-refractivity contribution in [3.05, 3.63) is 46.5 Å². The van der Waals surface area contributed by atoms with Gasteiger partial charge in [-0.15, -0.1) is 0 Å². The van der Waals surface area contributed by atoms with Crippen LogP contribution in [0.2, 0.25) is 0 Å². The van der Waals surface area contributed by atoms with E-state index < -0.39 is 0 Å². The van der Waals surface area contributed by atoms with Gasteiger partial charge in [0.2, 0.25) is 0 Å². The lowest BCUT2D eigenvalue weighted by atomic mass is 9.84. The Bertz CT molecular complexity index is 894. The molecule has 0 bridgehead atoms. The van der Waals surface area contributed by atoms with Gasteiger partial charge < -0.3 is 23.8 Å². The summed E-state index contributed by atoms with van der Waals surface area (Å²) in [4.78, 5) is 2.37. The van der Waals surface area contributed by atoms with E-state index >= 15 is 0 Å². The SMILES string of the molecule is CCCCN(c1cc(C)cc(C(C)(C)C)c1OCOC)c1cc(C)cc(C(C)(C)C)c1OCOC. The summed E-state index contributed by atoms with van der Waals surface area (Å²) in [5.74, 6) is 1.72. The highest BCUT2D eigenvalue weighted by atomic mass is 16.7. The zero-order valence-corrected chi connectivity index (χ0v) is 23.9. The molecule has 0 heterocycles. The largest absolute Gasteiger partial charge is 0.465 e. The van der Waals surface area contributed by atoms with Crippen molar-refractivity contribution in [2.45, 2.75) is 86.0 Å². The van der Waals surface area contributed by atoms with Gasteiger partial charge in [0, 0.05) is 31.9 Å². The molecule has 196 valence electrons. The molecule has 0 atom stereocenters. The molecule has 2 aromatic rings. The maximum atomic E-state index is 6.30. The van der Waals surface area contributed by atoms with Crippen molar-refractivity contribution < 1.29 is 18.9 Å². The van der Waals surface area contributed by atoms with Gasteiger partial charge >= 0.3 is 0 Å². The molecule has 0 aliphatic carbocycles. The van der Waals surface area contributed by atoms with Gasteiger partial charge in [-0.25, -0.2) is 0 Å². The number of aryl methyl sites for hydroxylation is 2. The monoisotopic (exact) mass is 485 g/mol. The number of hydrogen-bond donors (Lipinski definition) is 0. The van der Waals surface area contributed by atoms with Crippen LogP contribution in [0.15, 0.2) is 24.3 Å². The third-order valence-corrected chi connectivity index (χ3v) is 6.00. The highest BCUT2D eigenvalue weighted by Crippen LogP contribution is 2.47. The van der Waals surface area contributed by atoms with Crippen molar-refractivity contribution in [1.29, 1.82) is 0 Å². The molecule has 0 unspecified atom stereocenters. The Morgan fingerprint density at radius 1 is 0.686 bits per heavy atom. The number of nitrogens with zero attached hydrogens (tertiary/aromatic N) is 1. The highest BCUT2D eigenvalue weighted by Gasteiger charge is 2.29. The fourth-order valence-electron chi connectivity index (χ4n) is 4.25. The molecule has 0 saturated carbocycles. The topological polar surface area (TPSA) is 40.2 Å². The summed E-state index contributed by atoms with van der Waals surface area (Å²) in [6.07, 6.45) is 2.11. The molecular weight excluding hydrogens is 438 g/mol. The first-order valence-electron chi connectivity index (χ1n) is 12.7. The van der Waals surface area contributed by atoms with Crippen molar-refractivity contribution in [3.63, 3.8) is 0 Å². The second-order valence-electron chi connectivity index (χ2n) is 11.4. The fraction of sp³-hybridized carbons (Fsp3) is 0.600. The van der Waals surface area contributed by atoms with Gasteiger partial charge in [0.15, 0.2) is 13.6 Å². The van der Waals surface area contributed by atoms with E-state index in [1.165, 1.54) is 11.1 Å². The highest BCUT2D eigenvalue weighted by molar-refractivity contribution is 5.78. The van der Waals surface area contributed by atoms with Gasteiger partial charge in [-0.05, 0) is 54.4 Å². The summed E-state index contributed by atoms with van der Waals surface area (Å²) in [6, 6.07) is 8.89. The summed E-state index contributed by atoms with van der Waals surface area (Å²) in [5, 5.41) is 0. The van der Waals surface area contributed by atoms with Crippen LogP contribution in [0, 0.1) is 13.8 Å². The van der Waals surface area contributed by atoms with Crippen molar-refractivity contribution in [2.24, 2.45) is 0 Å². The first-order valence-corrected chi connectivity index (χ1v) is 12.7. The lowest BCUT2D eigenvalue weighted by molar-refractivity contribution is 0.0497. The quantitative estimate of drug-likeness (QED) is 0.304. The minimum Gasteiger partial charge on any atom is -0.465 e. The van der Waals surface area contributed by atoms with Gasteiger partial charge in [0.05, 0.1) is 11.4 Å². The van der Waals surface area contributed by atoms with Gasteiger partial charge in [0.1, 0.15) is 11.5 Å². The number of unbranched alkanes of at least 4 members (excludes halogenated alkanes) is 1. The molecule has 2 rings (SSSR count). The zero-order valence-electron chi connectivity index (χ0n) is 23.9. The van der Waals surface area contributed by atoms with Crippen LogP contribution < -0.4 is 14.4 Å². The summed E-state index contributed by atoms with van der Waals surface area (Å²) < 4.78 is 23.3. The molecular formula is C30H47NO4. The molecule has 0 radical (unpaired) electrons. The number of anilines is 2. The summed E-state index contributed by atoms with van der Waals surface area (Å²) in [7, 11) is 3.32. The average molecular weight is 486 g/mol. The van der Waals surface area contributed by atoms with Crippen LogP contribution in [0.25, 0.3) is 0 Å². The normalized spacial score (nSPS) is 12.1. The van der Waals surface area contributed by atoms with Crippen LogP contribution in [-0.2, 0) is 20.3 Å². The molecule has 0 fully saturated rings. The Balaban J connectivity index is 2.92. The first kappa shape index (κ1) is 29.0. The van der Waals surface area contributed by atoms with Gasteiger partial charge in [-0.1, -0.05) is 67.0 Å². The molecule has 0 aliphatic heterocycles. The van der Waals surface area contributed by atoms with Crippen LogP contribution in [0.5, 0.6) is 11.5 Å². The summed E-state index contributed by atoms with van der Waals surface area (Å²) in [5.41, 5.74) is 6.58. The molecule has 0 spiro atoms. The van der Waals surface area contributed by atoms with E-state index in [0.717, 1.165) is 53.4 Å². The maximum absolute atomic E-state index is 6.30. The Hall–Kier alpha value is -2.24. The van der Waals surface area contributed by atoms with E-state index in [9.17, 15) is 0 Å². The molecule has 0 amide bonds. The average Bonchev–Trinajstić information content (AvgIpc) is 2.76. The Morgan fingerprint density at radius 2 is 1.09 bits per heavy atom. The molecule has 0 N–H and O–H groups in total. The van der Waals surface area contributed by atoms with Crippen LogP contribution >= 0.6 is 0 Å². The fourth-order valence-corrected chi connectivity index (χ4v) is 4.25. The predicted octanol–water partition coefficient (Wildman–Crippen LogP) is 7.80. The van der Waals surface area contributed by atoms with Crippen LogP contribution in [0.3, 0.4) is 0 Å². The molecule has 2 aromatic carbocycles. The Labute approximate surface area is 213 Å². The van der Waals surface area contributed by atoms with E-state index in [4.69, 9.17) is 18.9 Å². The van der Waals surface area contributed by atoms with E-state index in [1.54, 1.807) is 14.2 Å². The lowest BCUT2D eigenvalue weighted by Crippen LogP contribution is -2.25. The molecule has 5 nitrogen and oxygen atoms in total. The first-order chi connectivity index (χ1) is 16.3. The minimum absolute atomic E-state index is 0.0984. The van der Waals surface area contributed by atoms with E-state index in [2.05, 4.69) is 91.5 Å². The van der Waals surface area contributed by atoms with Gasteiger partial charge in [0.25, 0.3) is 0 Å². The summed E-state index contributed by atoms with van der Waals surface area (Å²) >= 11 is 0. The molecule has 35 heavy (non-hydrogen) atoms. The minimum atomic E-state index is -0.0984. The van der Waals surface area contributed by atoms with Crippen LogP contribution in [0.4, 0.5) is 11.4 Å². The second-order valence-corrected chi connectivity index (χ2v) is 11.4. The lowest BCUT2D eigenvalue weighted by Gasteiger charge is -2.34. The molecule has 5 heteroatoms. The number of ether oxygens (including phenoxy) is 4. The van der Waals surface area contributed by atoms with Crippen molar-refractivity contribution >= 4 is 11.4 Å². The third kappa shape index (κ3) is 7.37. The molecule has 0 aromatic heterocycles. The number of benzene rings is 2. The van der Waals surface area contributed by atoms with E-state index in [0.29, 0.717) is 0 Å². The molecule has 0 saturated heterocycles. The Morgan fingerprint density at radius 3 is 1.40 bits per heavy atom.